The number of hydrogen-bond donors (Lipinski definition) is 1. The first-order valence-corrected chi connectivity index (χ1v) is 9.83. The van der Waals surface area contributed by atoms with Gasteiger partial charge in [-0.05, 0) is 99.2 Å². The second kappa shape index (κ2) is 5.10. The SMILES string of the molecule is CC=C1CCC2C3CCC4CC(O)CC[C@]4(C)C3CCC12C. The van der Waals surface area contributed by atoms with Crippen molar-refractivity contribution in [3.63, 3.8) is 0 Å². The summed E-state index contributed by atoms with van der Waals surface area (Å²) in [5.41, 5.74) is 2.82. The first-order chi connectivity index (χ1) is 10.5. The molecule has 4 aliphatic carbocycles. The highest BCUT2D eigenvalue weighted by atomic mass is 16.3. The number of fused-ring (bicyclic) bond motifs is 5. The van der Waals surface area contributed by atoms with Gasteiger partial charge in [0.25, 0.3) is 0 Å². The van der Waals surface area contributed by atoms with Crippen LogP contribution < -0.4 is 0 Å². The summed E-state index contributed by atoms with van der Waals surface area (Å²) in [7, 11) is 0. The number of rotatable bonds is 0. The zero-order chi connectivity index (χ0) is 15.5. The Bertz CT molecular complexity index is 480. The van der Waals surface area contributed by atoms with Gasteiger partial charge in [0.05, 0.1) is 6.10 Å². The summed E-state index contributed by atoms with van der Waals surface area (Å²) in [4.78, 5) is 0. The smallest absolute Gasteiger partial charge is 0.0543 e. The second-order valence-corrected chi connectivity index (χ2v) is 9.39. The van der Waals surface area contributed by atoms with Crippen LogP contribution in [0.15, 0.2) is 11.6 Å². The van der Waals surface area contributed by atoms with E-state index in [9.17, 15) is 5.11 Å². The summed E-state index contributed by atoms with van der Waals surface area (Å²) in [6.45, 7) is 7.43. The van der Waals surface area contributed by atoms with Crippen molar-refractivity contribution in [2.75, 3.05) is 0 Å². The molecule has 1 nitrogen and oxygen atoms in total. The summed E-state index contributed by atoms with van der Waals surface area (Å²) in [6, 6.07) is 0. The van der Waals surface area contributed by atoms with Crippen LogP contribution in [0.5, 0.6) is 0 Å². The van der Waals surface area contributed by atoms with Gasteiger partial charge in [0.1, 0.15) is 0 Å². The van der Waals surface area contributed by atoms with Gasteiger partial charge in [-0.2, -0.15) is 0 Å². The zero-order valence-corrected chi connectivity index (χ0v) is 14.8. The van der Waals surface area contributed by atoms with E-state index in [2.05, 4.69) is 26.8 Å². The monoisotopic (exact) mass is 302 g/mol. The quantitative estimate of drug-likeness (QED) is 0.599. The number of aliphatic hydroxyl groups excluding tert-OH is 1. The van der Waals surface area contributed by atoms with Gasteiger partial charge in [0, 0.05) is 0 Å². The van der Waals surface area contributed by atoms with E-state index in [4.69, 9.17) is 0 Å². The first kappa shape index (κ1) is 15.2. The van der Waals surface area contributed by atoms with Crippen molar-refractivity contribution in [2.45, 2.75) is 84.7 Å². The minimum absolute atomic E-state index is 0.00964. The van der Waals surface area contributed by atoms with Gasteiger partial charge in [-0.25, -0.2) is 0 Å². The molecule has 4 aliphatic rings. The molecule has 4 saturated carbocycles. The van der Waals surface area contributed by atoms with Gasteiger partial charge in [-0.15, -0.1) is 0 Å². The predicted molar refractivity (Wildman–Crippen MR) is 91.5 cm³/mol. The minimum Gasteiger partial charge on any atom is -0.393 e. The molecule has 4 rings (SSSR count). The van der Waals surface area contributed by atoms with E-state index in [0.717, 1.165) is 36.5 Å². The van der Waals surface area contributed by atoms with Crippen LogP contribution in [0.3, 0.4) is 0 Å². The lowest BCUT2D eigenvalue weighted by atomic mass is 9.45. The van der Waals surface area contributed by atoms with Crippen molar-refractivity contribution in [1.82, 2.24) is 0 Å². The predicted octanol–water partition coefficient (Wildman–Crippen LogP) is 5.34. The van der Waals surface area contributed by atoms with E-state index in [-0.39, 0.29) is 6.10 Å². The average Bonchev–Trinajstić information content (AvgIpc) is 2.84. The summed E-state index contributed by atoms with van der Waals surface area (Å²) < 4.78 is 0. The van der Waals surface area contributed by atoms with E-state index < -0.39 is 0 Å². The van der Waals surface area contributed by atoms with E-state index >= 15 is 0 Å². The summed E-state index contributed by atoms with van der Waals surface area (Å²) >= 11 is 0. The molecule has 0 amide bonds. The van der Waals surface area contributed by atoms with Crippen LogP contribution in [0, 0.1) is 34.5 Å². The molecular weight excluding hydrogens is 268 g/mol. The van der Waals surface area contributed by atoms with Gasteiger partial charge in [-0.3, -0.25) is 0 Å². The molecule has 0 aliphatic heterocycles. The lowest BCUT2D eigenvalue weighted by Gasteiger charge is -2.60. The molecule has 0 spiro atoms. The van der Waals surface area contributed by atoms with Crippen molar-refractivity contribution in [3.05, 3.63) is 11.6 Å². The van der Waals surface area contributed by atoms with Crippen LogP contribution in [-0.4, -0.2) is 11.2 Å². The Morgan fingerprint density at radius 3 is 2.59 bits per heavy atom. The average molecular weight is 303 g/mol. The highest BCUT2D eigenvalue weighted by Gasteiger charge is 2.58. The normalized spacial score (nSPS) is 56.4. The third-order valence-corrected chi connectivity index (χ3v) is 8.83. The fourth-order valence-corrected chi connectivity index (χ4v) is 7.56. The molecule has 124 valence electrons. The molecule has 0 saturated heterocycles. The van der Waals surface area contributed by atoms with E-state index in [1.54, 1.807) is 5.57 Å². The number of hydrogen-bond acceptors (Lipinski definition) is 1. The first-order valence-electron chi connectivity index (χ1n) is 9.83. The van der Waals surface area contributed by atoms with E-state index in [1.165, 1.54) is 44.9 Å². The van der Waals surface area contributed by atoms with Gasteiger partial charge >= 0.3 is 0 Å². The van der Waals surface area contributed by atoms with Crippen LogP contribution in [-0.2, 0) is 0 Å². The molecule has 1 N–H and O–H groups in total. The molecule has 0 heterocycles. The molecule has 4 fully saturated rings. The Kier molecular flexibility index (Phi) is 3.53. The topological polar surface area (TPSA) is 20.2 Å². The molecule has 0 bridgehead atoms. The summed E-state index contributed by atoms with van der Waals surface area (Å²) in [6.07, 6.45) is 14.3. The molecular formula is C21H34O. The number of aliphatic hydroxyl groups is 1. The maximum Gasteiger partial charge on any atom is 0.0543 e. The maximum atomic E-state index is 10.1. The summed E-state index contributed by atoms with van der Waals surface area (Å²) in [5.74, 6) is 3.65. The van der Waals surface area contributed by atoms with Crippen LogP contribution in [0.25, 0.3) is 0 Å². The third-order valence-electron chi connectivity index (χ3n) is 8.83. The van der Waals surface area contributed by atoms with Gasteiger partial charge < -0.3 is 5.11 Å². The third kappa shape index (κ3) is 1.93. The van der Waals surface area contributed by atoms with Crippen molar-refractivity contribution < 1.29 is 5.11 Å². The zero-order valence-electron chi connectivity index (χ0n) is 14.8. The van der Waals surface area contributed by atoms with Crippen LogP contribution in [0.1, 0.15) is 78.6 Å². The Balaban J connectivity index is 1.63. The van der Waals surface area contributed by atoms with Crippen LogP contribution >= 0.6 is 0 Å². The second-order valence-electron chi connectivity index (χ2n) is 9.39. The molecule has 0 aromatic heterocycles. The molecule has 0 aromatic rings. The van der Waals surface area contributed by atoms with Crippen molar-refractivity contribution in [2.24, 2.45) is 34.5 Å². The van der Waals surface area contributed by atoms with E-state index in [1.807, 2.05) is 0 Å². The van der Waals surface area contributed by atoms with Crippen LogP contribution in [0.2, 0.25) is 0 Å². The summed E-state index contributed by atoms with van der Waals surface area (Å²) in [5, 5.41) is 10.1. The maximum absolute atomic E-state index is 10.1. The van der Waals surface area contributed by atoms with Crippen LogP contribution in [0.4, 0.5) is 0 Å². The largest absolute Gasteiger partial charge is 0.393 e. The standard InChI is InChI=1S/C21H34O/c1-4-14-6-8-18-17-7-5-15-13-16(22)9-11-21(15,3)19(17)10-12-20(14,18)2/h4,15-19,22H,5-13H2,1-3H3/t15?,16?,17?,18?,19?,20?,21-/m0/s1. The Morgan fingerprint density at radius 1 is 1.00 bits per heavy atom. The van der Waals surface area contributed by atoms with Gasteiger partial charge in [-0.1, -0.05) is 25.5 Å². The van der Waals surface area contributed by atoms with Crippen molar-refractivity contribution in [1.29, 1.82) is 0 Å². The minimum atomic E-state index is -0.00964. The highest BCUT2D eigenvalue weighted by molar-refractivity contribution is 5.23. The fourth-order valence-electron chi connectivity index (χ4n) is 7.56. The molecule has 22 heavy (non-hydrogen) atoms. The Hall–Kier alpha value is -0.300. The number of allylic oxidation sites excluding steroid dienone is 2. The molecule has 1 heteroatoms. The molecule has 0 aromatic carbocycles. The Morgan fingerprint density at radius 2 is 1.82 bits per heavy atom. The highest BCUT2D eigenvalue weighted by Crippen LogP contribution is 2.67. The Labute approximate surface area is 136 Å². The van der Waals surface area contributed by atoms with Crippen molar-refractivity contribution in [3.8, 4) is 0 Å². The fraction of sp³-hybridized carbons (Fsp3) is 0.905. The van der Waals surface area contributed by atoms with Gasteiger partial charge in [0.2, 0.25) is 0 Å². The molecule has 0 radical (unpaired) electrons. The van der Waals surface area contributed by atoms with E-state index in [0.29, 0.717) is 10.8 Å². The molecule has 7 atom stereocenters. The van der Waals surface area contributed by atoms with Crippen molar-refractivity contribution >= 4 is 0 Å². The van der Waals surface area contributed by atoms with Gasteiger partial charge in [0.15, 0.2) is 0 Å². The lowest BCUT2D eigenvalue weighted by molar-refractivity contribution is -0.116. The lowest BCUT2D eigenvalue weighted by Crippen LogP contribution is -2.53. The molecule has 6 unspecified atom stereocenters.